The zero-order chi connectivity index (χ0) is 15.4. The Morgan fingerprint density at radius 3 is 2.76 bits per heavy atom. The van der Waals surface area contributed by atoms with Gasteiger partial charge in [0.1, 0.15) is 5.75 Å². The van der Waals surface area contributed by atoms with Gasteiger partial charge in [-0.1, -0.05) is 24.6 Å². The lowest BCUT2D eigenvalue weighted by atomic mass is 10.2. The Bertz CT molecular complexity index is 622. The molecule has 2 rings (SSSR count). The summed E-state index contributed by atoms with van der Waals surface area (Å²) in [5.74, 6) is 1.39. The van der Waals surface area contributed by atoms with Crippen LogP contribution in [0.25, 0.3) is 0 Å². The van der Waals surface area contributed by atoms with Crippen LogP contribution in [-0.2, 0) is 13.6 Å². The van der Waals surface area contributed by atoms with Gasteiger partial charge in [0.2, 0.25) is 5.88 Å². The monoisotopic (exact) mass is 307 g/mol. The van der Waals surface area contributed by atoms with Gasteiger partial charge in [0.05, 0.1) is 16.3 Å². The number of benzene rings is 1. The fraction of sp³-hybridized carbons (Fsp3) is 0.438. The van der Waals surface area contributed by atoms with Crippen molar-refractivity contribution < 1.29 is 4.74 Å². The largest absolute Gasteiger partial charge is 0.437 e. The van der Waals surface area contributed by atoms with Crippen LogP contribution in [0.15, 0.2) is 18.2 Å². The van der Waals surface area contributed by atoms with Crippen molar-refractivity contribution in [2.45, 2.75) is 33.7 Å². The van der Waals surface area contributed by atoms with Crippen molar-refractivity contribution in [2.24, 2.45) is 7.05 Å². The Kier molecular flexibility index (Phi) is 5.26. The van der Waals surface area contributed by atoms with Crippen LogP contribution in [0.3, 0.4) is 0 Å². The van der Waals surface area contributed by atoms with E-state index in [1.54, 1.807) is 4.68 Å². The van der Waals surface area contributed by atoms with Gasteiger partial charge >= 0.3 is 0 Å². The molecule has 0 aliphatic heterocycles. The molecule has 0 aliphatic carbocycles. The zero-order valence-electron chi connectivity index (χ0n) is 13.0. The summed E-state index contributed by atoms with van der Waals surface area (Å²) in [5.41, 5.74) is 3.15. The van der Waals surface area contributed by atoms with Gasteiger partial charge in [0, 0.05) is 13.6 Å². The van der Waals surface area contributed by atoms with Crippen molar-refractivity contribution in [1.82, 2.24) is 15.1 Å². The van der Waals surface area contributed by atoms with Gasteiger partial charge in [-0.05, 0) is 44.5 Å². The minimum atomic E-state index is 0.612. The number of rotatable bonds is 6. The number of nitrogens with one attached hydrogen (secondary N) is 1. The van der Waals surface area contributed by atoms with Crippen LogP contribution < -0.4 is 10.1 Å². The number of nitrogens with zero attached hydrogens (tertiary/aromatic N) is 2. The molecule has 0 amide bonds. The van der Waals surface area contributed by atoms with E-state index in [-0.39, 0.29) is 0 Å². The van der Waals surface area contributed by atoms with E-state index in [9.17, 15) is 0 Å². The number of halogens is 1. The molecule has 0 atom stereocenters. The molecule has 21 heavy (non-hydrogen) atoms. The fourth-order valence-electron chi connectivity index (χ4n) is 2.19. The van der Waals surface area contributed by atoms with Crippen molar-refractivity contribution in [2.75, 3.05) is 6.54 Å². The highest BCUT2D eigenvalue weighted by Crippen LogP contribution is 2.32. The van der Waals surface area contributed by atoms with E-state index in [0.717, 1.165) is 42.2 Å². The molecule has 5 heteroatoms. The first-order valence-electron chi connectivity index (χ1n) is 7.20. The lowest BCUT2D eigenvalue weighted by Gasteiger charge is -2.11. The van der Waals surface area contributed by atoms with Crippen LogP contribution in [0.5, 0.6) is 11.6 Å². The standard InChI is InChI=1S/C16H22ClN3O/c1-5-8-18-10-13-12(3)19-20(4)16(13)21-15-7-6-11(2)9-14(15)17/h6-7,9,18H,5,8,10H2,1-4H3. The summed E-state index contributed by atoms with van der Waals surface area (Å²) in [5, 5.41) is 8.44. The predicted octanol–water partition coefficient (Wildman–Crippen LogP) is 3.98. The third kappa shape index (κ3) is 3.77. The summed E-state index contributed by atoms with van der Waals surface area (Å²) in [6.45, 7) is 7.86. The third-order valence-corrected chi connectivity index (χ3v) is 3.61. The predicted molar refractivity (Wildman–Crippen MR) is 86.2 cm³/mol. The molecule has 0 saturated heterocycles. The highest BCUT2D eigenvalue weighted by atomic mass is 35.5. The lowest BCUT2D eigenvalue weighted by Crippen LogP contribution is -2.14. The second kappa shape index (κ2) is 6.96. The fourth-order valence-corrected chi connectivity index (χ4v) is 2.47. The molecule has 0 aliphatic rings. The average molecular weight is 308 g/mol. The Labute approximate surface area is 131 Å². The normalized spacial score (nSPS) is 10.9. The molecule has 1 N–H and O–H groups in total. The SMILES string of the molecule is CCCNCc1c(C)nn(C)c1Oc1ccc(C)cc1Cl. The molecule has 0 spiro atoms. The van der Waals surface area contributed by atoms with Gasteiger partial charge < -0.3 is 10.1 Å². The number of hydrogen-bond acceptors (Lipinski definition) is 3. The molecule has 0 saturated carbocycles. The molecule has 114 valence electrons. The first-order chi connectivity index (χ1) is 10.0. The molecule has 1 aromatic heterocycles. The Balaban J connectivity index is 2.26. The summed E-state index contributed by atoms with van der Waals surface area (Å²) in [7, 11) is 1.88. The molecule has 0 radical (unpaired) electrons. The third-order valence-electron chi connectivity index (χ3n) is 3.31. The van der Waals surface area contributed by atoms with Crippen molar-refractivity contribution >= 4 is 11.6 Å². The molecule has 0 bridgehead atoms. The average Bonchev–Trinajstić information content (AvgIpc) is 2.68. The molecule has 2 aromatic rings. The van der Waals surface area contributed by atoms with Crippen molar-refractivity contribution in [3.8, 4) is 11.6 Å². The summed E-state index contributed by atoms with van der Waals surface area (Å²) in [6.07, 6.45) is 1.10. The lowest BCUT2D eigenvalue weighted by molar-refractivity contribution is 0.424. The Morgan fingerprint density at radius 1 is 1.33 bits per heavy atom. The molecule has 4 nitrogen and oxygen atoms in total. The van der Waals surface area contributed by atoms with Gasteiger partial charge in [0.15, 0.2) is 0 Å². The van der Waals surface area contributed by atoms with Gasteiger partial charge in [-0.25, -0.2) is 4.68 Å². The second-order valence-corrected chi connectivity index (χ2v) is 5.61. The van der Waals surface area contributed by atoms with Crippen LogP contribution in [0, 0.1) is 13.8 Å². The summed E-state index contributed by atoms with van der Waals surface area (Å²) in [6, 6.07) is 5.78. The molecule has 1 aromatic carbocycles. The Morgan fingerprint density at radius 2 is 2.10 bits per heavy atom. The topological polar surface area (TPSA) is 39.1 Å². The number of hydrogen-bond donors (Lipinski definition) is 1. The van der Waals surface area contributed by atoms with Crippen molar-refractivity contribution in [1.29, 1.82) is 0 Å². The Hall–Kier alpha value is -1.52. The van der Waals surface area contributed by atoms with E-state index in [2.05, 4.69) is 17.3 Å². The van der Waals surface area contributed by atoms with Gasteiger partial charge in [-0.3, -0.25) is 0 Å². The summed E-state index contributed by atoms with van der Waals surface area (Å²) in [4.78, 5) is 0. The first-order valence-corrected chi connectivity index (χ1v) is 7.58. The van der Waals surface area contributed by atoms with E-state index in [4.69, 9.17) is 16.3 Å². The minimum absolute atomic E-state index is 0.612. The van der Waals surface area contributed by atoms with Gasteiger partial charge in [-0.15, -0.1) is 0 Å². The maximum absolute atomic E-state index is 6.25. The first kappa shape index (κ1) is 15.9. The molecule has 0 fully saturated rings. The van der Waals surface area contributed by atoms with Crippen LogP contribution >= 0.6 is 11.6 Å². The summed E-state index contributed by atoms with van der Waals surface area (Å²) < 4.78 is 7.76. The van der Waals surface area contributed by atoms with E-state index in [0.29, 0.717) is 10.8 Å². The van der Waals surface area contributed by atoms with Crippen LogP contribution in [0.1, 0.15) is 30.2 Å². The van der Waals surface area contributed by atoms with Crippen molar-refractivity contribution in [3.05, 3.63) is 40.0 Å². The number of aryl methyl sites for hydroxylation is 3. The molecule has 1 heterocycles. The number of aromatic nitrogens is 2. The van der Waals surface area contributed by atoms with Crippen molar-refractivity contribution in [3.63, 3.8) is 0 Å². The van der Waals surface area contributed by atoms with Crippen LogP contribution in [0.4, 0.5) is 0 Å². The highest BCUT2D eigenvalue weighted by molar-refractivity contribution is 6.32. The van der Waals surface area contributed by atoms with E-state index >= 15 is 0 Å². The molecular formula is C16H22ClN3O. The van der Waals surface area contributed by atoms with E-state index < -0.39 is 0 Å². The zero-order valence-corrected chi connectivity index (χ0v) is 13.8. The quantitative estimate of drug-likeness (QED) is 0.820. The smallest absolute Gasteiger partial charge is 0.222 e. The summed E-state index contributed by atoms with van der Waals surface area (Å²) >= 11 is 6.25. The van der Waals surface area contributed by atoms with E-state index in [1.165, 1.54) is 0 Å². The van der Waals surface area contributed by atoms with Crippen LogP contribution in [-0.4, -0.2) is 16.3 Å². The maximum Gasteiger partial charge on any atom is 0.222 e. The minimum Gasteiger partial charge on any atom is -0.437 e. The molecular weight excluding hydrogens is 286 g/mol. The van der Waals surface area contributed by atoms with Gasteiger partial charge in [-0.2, -0.15) is 5.10 Å². The second-order valence-electron chi connectivity index (χ2n) is 5.21. The van der Waals surface area contributed by atoms with E-state index in [1.807, 2.05) is 39.1 Å². The number of ether oxygens (including phenoxy) is 1. The van der Waals surface area contributed by atoms with Gasteiger partial charge in [0.25, 0.3) is 0 Å². The molecule has 0 unspecified atom stereocenters. The maximum atomic E-state index is 6.25. The highest BCUT2D eigenvalue weighted by Gasteiger charge is 2.16. The van der Waals surface area contributed by atoms with Crippen LogP contribution in [0.2, 0.25) is 5.02 Å².